The Labute approximate surface area is 86.4 Å². The molecule has 0 aliphatic heterocycles. The maximum absolute atomic E-state index is 4.40. The number of aromatic amines is 1. The van der Waals surface area contributed by atoms with E-state index >= 15 is 0 Å². The summed E-state index contributed by atoms with van der Waals surface area (Å²) in [5.41, 5.74) is 2.21. The molecule has 5 heteroatoms. The van der Waals surface area contributed by atoms with Crippen LogP contribution in [0.1, 0.15) is 18.3 Å². The first-order valence-corrected chi connectivity index (χ1v) is 5.42. The van der Waals surface area contributed by atoms with Gasteiger partial charge in [0.15, 0.2) is 5.13 Å². The molecule has 2 N–H and O–H groups in total. The number of aromatic nitrogens is 3. The number of thiazole rings is 1. The van der Waals surface area contributed by atoms with E-state index in [1.165, 1.54) is 0 Å². The summed E-state index contributed by atoms with van der Waals surface area (Å²) in [6.07, 6.45) is 4.47. The molecule has 2 rings (SSSR count). The van der Waals surface area contributed by atoms with Crippen LogP contribution in [0.3, 0.4) is 0 Å². The number of hydrogen-bond donors (Lipinski definition) is 2. The zero-order chi connectivity index (χ0) is 9.80. The third kappa shape index (κ3) is 2.11. The van der Waals surface area contributed by atoms with Crippen molar-refractivity contribution in [2.24, 2.45) is 0 Å². The Bertz CT molecular complexity index is 379. The molecular weight excluding hydrogens is 196 g/mol. The first kappa shape index (κ1) is 9.21. The van der Waals surface area contributed by atoms with Gasteiger partial charge in [0, 0.05) is 11.6 Å². The number of H-pyrrole nitrogens is 1. The van der Waals surface area contributed by atoms with Crippen LogP contribution in [0.4, 0.5) is 5.13 Å². The van der Waals surface area contributed by atoms with Gasteiger partial charge >= 0.3 is 0 Å². The Balaban J connectivity index is 1.92. The van der Waals surface area contributed by atoms with Crippen LogP contribution in [0.15, 0.2) is 17.9 Å². The van der Waals surface area contributed by atoms with E-state index < -0.39 is 0 Å². The number of aryl methyl sites for hydroxylation is 1. The fourth-order valence-electron chi connectivity index (χ4n) is 1.10. The van der Waals surface area contributed by atoms with Gasteiger partial charge in [-0.2, -0.15) is 0 Å². The van der Waals surface area contributed by atoms with E-state index in [-0.39, 0.29) is 0 Å². The highest BCUT2D eigenvalue weighted by molar-refractivity contribution is 7.13. The van der Waals surface area contributed by atoms with Crippen molar-refractivity contribution in [3.05, 3.63) is 29.3 Å². The van der Waals surface area contributed by atoms with Gasteiger partial charge in [-0.1, -0.05) is 6.92 Å². The second-order valence-electron chi connectivity index (χ2n) is 2.93. The number of imidazole rings is 1. The lowest BCUT2D eigenvalue weighted by Gasteiger charge is -1.98. The second kappa shape index (κ2) is 4.23. The molecular formula is C9H12N4S. The fraction of sp³-hybridized carbons (Fsp3) is 0.333. The molecule has 14 heavy (non-hydrogen) atoms. The lowest BCUT2D eigenvalue weighted by molar-refractivity contribution is 1.03. The molecule has 0 aliphatic rings. The Morgan fingerprint density at radius 3 is 3.14 bits per heavy atom. The van der Waals surface area contributed by atoms with Crippen molar-refractivity contribution in [2.75, 3.05) is 5.32 Å². The number of nitrogens with one attached hydrogen (secondary N) is 2. The normalized spacial score (nSPS) is 10.4. The number of anilines is 1. The topological polar surface area (TPSA) is 53.6 Å². The summed E-state index contributed by atoms with van der Waals surface area (Å²) in [5, 5.41) is 6.29. The van der Waals surface area contributed by atoms with Gasteiger partial charge < -0.3 is 10.3 Å². The molecule has 0 bridgehead atoms. The molecule has 2 aromatic heterocycles. The molecule has 0 atom stereocenters. The van der Waals surface area contributed by atoms with Gasteiger partial charge in [-0.3, -0.25) is 0 Å². The highest BCUT2D eigenvalue weighted by Gasteiger charge is 1.99. The average molecular weight is 208 g/mol. The van der Waals surface area contributed by atoms with Crippen LogP contribution >= 0.6 is 11.3 Å². The van der Waals surface area contributed by atoms with Gasteiger partial charge in [-0.25, -0.2) is 9.97 Å². The van der Waals surface area contributed by atoms with E-state index in [4.69, 9.17) is 0 Å². The van der Waals surface area contributed by atoms with Gasteiger partial charge in [0.2, 0.25) is 0 Å². The molecule has 0 spiro atoms. The van der Waals surface area contributed by atoms with Crippen molar-refractivity contribution in [3.63, 3.8) is 0 Å². The molecule has 2 heterocycles. The van der Waals surface area contributed by atoms with Crippen molar-refractivity contribution in [3.8, 4) is 0 Å². The average Bonchev–Trinajstić information content (AvgIpc) is 2.86. The Kier molecular flexibility index (Phi) is 2.78. The zero-order valence-corrected chi connectivity index (χ0v) is 8.77. The number of hydrogen-bond acceptors (Lipinski definition) is 4. The summed E-state index contributed by atoms with van der Waals surface area (Å²) in [4.78, 5) is 11.4. The summed E-state index contributed by atoms with van der Waals surface area (Å²) >= 11 is 1.64. The minimum atomic E-state index is 0.747. The van der Waals surface area contributed by atoms with Gasteiger partial charge in [-0.15, -0.1) is 11.3 Å². The van der Waals surface area contributed by atoms with Gasteiger partial charge in [0.1, 0.15) is 0 Å². The Hall–Kier alpha value is -1.36. The highest BCUT2D eigenvalue weighted by Crippen LogP contribution is 2.15. The van der Waals surface area contributed by atoms with Crippen molar-refractivity contribution < 1.29 is 0 Å². The standard InChI is InChI=1S/C9H12N4S/c1-2-7-5-14-9(13-7)11-4-8-3-10-6-12-8/h3,5-6H,2,4H2,1H3,(H,10,12)(H,11,13). The fourth-order valence-corrected chi connectivity index (χ4v) is 1.90. The molecule has 2 aromatic rings. The van der Waals surface area contributed by atoms with E-state index in [0.717, 1.165) is 29.5 Å². The van der Waals surface area contributed by atoms with E-state index in [2.05, 4.69) is 32.6 Å². The second-order valence-corrected chi connectivity index (χ2v) is 3.79. The lowest BCUT2D eigenvalue weighted by Crippen LogP contribution is -1.99. The zero-order valence-electron chi connectivity index (χ0n) is 7.95. The summed E-state index contributed by atoms with van der Waals surface area (Å²) in [6, 6.07) is 0. The quantitative estimate of drug-likeness (QED) is 0.808. The van der Waals surface area contributed by atoms with Crippen LogP contribution in [0, 0.1) is 0 Å². The highest BCUT2D eigenvalue weighted by atomic mass is 32.1. The van der Waals surface area contributed by atoms with Crippen LogP contribution in [0.5, 0.6) is 0 Å². The molecule has 0 radical (unpaired) electrons. The van der Waals surface area contributed by atoms with E-state index in [9.17, 15) is 0 Å². The van der Waals surface area contributed by atoms with Crippen molar-refractivity contribution >= 4 is 16.5 Å². The molecule has 0 saturated carbocycles. The maximum atomic E-state index is 4.40. The summed E-state index contributed by atoms with van der Waals surface area (Å²) in [6.45, 7) is 2.85. The minimum absolute atomic E-state index is 0.747. The van der Waals surface area contributed by atoms with Crippen LogP contribution in [0.25, 0.3) is 0 Å². The van der Waals surface area contributed by atoms with E-state index in [0.29, 0.717) is 0 Å². The Morgan fingerprint density at radius 2 is 2.50 bits per heavy atom. The van der Waals surface area contributed by atoms with Crippen LogP contribution in [-0.4, -0.2) is 15.0 Å². The van der Waals surface area contributed by atoms with Crippen molar-refractivity contribution in [1.29, 1.82) is 0 Å². The third-order valence-corrected chi connectivity index (χ3v) is 2.75. The monoisotopic (exact) mass is 208 g/mol. The molecule has 4 nitrogen and oxygen atoms in total. The van der Waals surface area contributed by atoms with Crippen LogP contribution in [0.2, 0.25) is 0 Å². The largest absolute Gasteiger partial charge is 0.356 e. The smallest absolute Gasteiger partial charge is 0.183 e. The minimum Gasteiger partial charge on any atom is -0.356 e. The first-order valence-electron chi connectivity index (χ1n) is 4.54. The number of nitrogens with zero attached hydrogens (tertiary/aromatic N) is 2. The molecule has 0 saturated heterocycles. The van der Waals surface area contributed by atoms with Gasteiger partial charge in [-0.05, 0) is 6.42 Å². The van der Waals surface area contributed by atoms with Gasteiger partial charge in [0.05, 0.1) is 24.3 Å². The van der Waals surface area contributed by atoms with Crippen molar-refractivity contribution in [2.45, 2.75) is 19.9 Å². The summed E-state index contributed by atoms with van der Waals surface area (Å²) in [5.74, 6) is 0. The molecule has 0 amide bonds. The SMILES string of the molecule is CCc1csc(NCc2cnc[nH]2)n1. The Morgan fingerprint density at radius 1 is 1.57 bits per heavy atom. The van der Waals surface area contributed by atoms with Crippen LogP contribution in [-0.2, 0) is 13.0 Å². The van der Waals surface area contributed by atoms with Gasteiger partial charge in [0.25, 0.3) is 0 Å². The molecule has 74 valence electrons. The van der Waals surface area contributed by atoms with Crippen LogP contribution < -0.4 is 5.32 Å². The van der Waals surface area contributed by atoms with E-state index in [1.54, 1.807) is 23.9 Å². The number of rotatable bonds is 4. The lowest BCUT2D eigenvalue weighted by atomic mass is 10.4. The molecule has 0 fully saturated rings. The summed E-state index contributed by atoms with van der Waals surface area (Å²) in [7, 11) is 0. The summed E-state index contributed by atoms with van der Waals surface area (Å²) < 4.78 is 0. The maximum Gasteiger partial charge on any atom is 0.183 e. The first-order chi connectivity index (χ1) is 6.88. The predicted molar refractivity (Wildman–Crippen MR) is 57.4 cm³/mol. The molecule has 0 unspecified atom stereocenters. The predicted octanol–water partition coefficient (Wildman–Crippen LogP) is 2.04. The third-order valence-electron chi connectivity index (χ3n) is 1.90. The van der Waals surface area contributed by atoms with E-state index in [1.807, 2.05) is 0 Å². The molecule has 0 aromatic carbocycles. The molecule has 0 aliphatic carbocycles. The van der Waals surface area contributed by atoms with Crippen molar-refractivity contribution in [1.82, 2.24) is 15.0 Å².